The van der Waals surface area contributed by atoms with E-state index in [0.29, 0.717) is 17.5 Å². The summed E-state index contributed by atoms with van der Waals surface area (Å²) >= 11 is 0. The molecule has 0 spiro atoms. The topological polar surface area (TPSA) is 66.3 Å². The smallest absolute Gasteiger partial charge is 0.164 e. The van der Waals surface area contributed by atoms with E-state index >= 15 is 0 Å². The third-order valence-corrected chi connectivity index (χ3v) is 19.3. The number of para-hydroxylation sites is 4. The van der Waals surface area contributed by atoms with Crippen LogP contribution in [0.4, 0.5) is 0 Å². The normalized spacial score (nSPS) is 11.7. The lowest BCUT2D eigenvalue weighted by atomic mass is 9.95. The van der Waals surface area contributed by atoms with E-state index in [0.717, 1.165) is 128 Å². The summed E-state index contributed by atoms with van der Waals surface area (Å²) in [6.07, 6.45) is 0. The lowest BCUT2D eigenvalue weighted by Crippen LogP contribution is -2.03. The first kappa shape index (κ1) is 55.5. The maximum Gasteiger partial charge on any atom is 0.164 e. The molecule has 0 amide bonds. The second kappa shape index (κ2) is 22.9. The van der Waals surface area contributed by atoms with Gasteiger partial charge in [0.05, 0.1) is 44.5 Å². The highest BCUT2D eigenvalue weighted by atomic mass is 15.0. The summed E-state index contributed by atoms with van der Waals surface area (Å²) in [6.45, 7) is 0. The van der Waals surface area contributed by atoms with E-state index < -0.39 is 0 Å². The van der Waals surface area contributed by atoms with Gasteiger partial charge in [0, 0.05) is 77.2 Å². The zero-order valence-corrected chi connectivity index (χ0v) is 52.5. The average molecular weight is 1240 g/mol. The van der Waals surface area contributed by atoms with Crippen molar-refractivity contribution in [3.8, 4) is 107 Å². The Bertz CT molecular complexity index is 6190. The van der Waals surface area contributed by atoms with E-state index in [2.05, 4.69) is 323 Å². The monoisotopic (exact) mass is 1240 g/mol. The minimum absolute atomic E-state index is 0.577. The van der Waals surface area contributed by atoms with Crippen LogP contribution in [0.2, 0.25) is 0 Å². The van der Waals surface area contributed by atoms with Gasteiger partial charge >= 0.3 is 0 Å². The summed E-state index contributed by atoms with van der Waals surface area (Å²) in [5, 5.41) is 9.45. The number of aromatic nitrogens is 7. The van der Waals surface area contributed by atoms with Gasteiger partial charge in [0.1, 0.15) is 0 Å². The standard InChI is InChI=1S/C90H57N7/c1-4-23-58(24-5-1)65-49-50-85-78(54-65)76-36-14-18-42-83(76)95(85)68-32-20-31-64(51-68)66-55-79(91-80(56-66)73-39-21-30-59-25-10-11-33-71(59)73)61-47-45-60(46-48-61)72-38-22-44-86-87(72)77-37-15-19-43-84(77)97(86)70-53-67(52-69(57-70)96-81-40-16-12-34-74(81)75-35-13-17-41-82(75)96)90-93-88(62-26-6-2-7-27-62)92-89(94-90)63-28-8-3-9-29-63/h1-57H. The molecule has 97 heavy (non-hydrogen) atoms. The van der Waals surface area contributed by atoms with Gasteiger partial charge in [-0.15, -0.1) is 0 Å². The van der Waals surface area contributed by atoms with Crippen molar-refractivity contribution in [3.05, 3.63) is 346 Å². The molecule has 0 fully saturated rings. The highest BCUT2D eigenvalue weighted by molar-refractivity contribution is 6.16. The van der Waals surface area contributed by atoms with Crippen LogP contribution in [-0.4, -0.2) is 33.6 Å². The van der Waals surface area contributed by atoms with Crippen LogP contribution in [0.5, 0.6) is 0 Å². The van der Waals surface area contributed by atoms with E-state index in [9.17, 15) is 0 Å². The van der Waals surface area contributed by atoms with Gasteiger partial charge in [-0.05, 0) is 129 Å². The third-order valence-electron chi connectivity index (χ3n) is 19.3. The van der Waals surface area contributed by atoms with Gasteiger partial charge in [0.25, 0.3) is 0 Å². The van der Waals surface area contributed by atoms with Gasteiger partial charge in [-0.2, -0.15) is 0 Å². The fourth-order valence-electron chi connectivity index (χ4n) is 14.8. The maximum atomic E-state index is 5.57. The molecule has 0 N–H and O–H groups in total. The molecule has 0 atom stereocenters. The van der Waals surface area contributed by atoms with Crippen LogP contribution >= 0.6 is 0 Å². The quantitative estimate of drug-likeness (QED) is 0.129. The minimum atomic E-state index is 0.577. The molecular weight excluding hydrogens is 1180 g/mol. The molecule has 7 nitrogen and oxygen atoms in total. The van der Waals surface area contributed by atoms with Crippen molar-refractivity contribution >= 4 is 76.2 Å². The van der Waals surface area contributed by atoms with Gasteiger partial charge in [0.2, 0.25) is 0 Å². The Morgan fingerprint density at radius 2 is 0.598 bits per heavy atom. The van der Waals surface area contributed by atoms with Gasteiger partial charge in [0.15, 0.2) is 17.5 Å². The molecule has 0 unspecified atom stereocenters. The number of hydrogen-bond acceptors (Lipinski definition) is 4. The minimum Gasteiger partial charge on any atom is -0.309 e. The van der Waals surface area contributed by atoms with Gasteiger partial charge in [-0.3, -0.25) is 0 Å². The van der Waals surface area contributed by atoms with Crippen molar-refractivity contribution in [2.24, 2.45) is 0 Å². The SMILES string of the molecule is c1ccc(-c2ccc3c(c2)c2ccccc2n3-c2cccc(-c3cc(-c4ccc(-c5cccc6c5c5ccccc5n6-c5cc(-c6nc(-c7ccccc7)nc(-c7ccccc7)n6)cc(-n6c7ccccc7c7ccccc76)c5)cc4)nc(-c4cccc5ccccc45)c3)c2)cc1. The van der Waals surface area contributed by atoms with E-state index in [-0.39, 0.29) is 0 Å². The predicted octanol–water partition coefficient (Wildman–Crippen LogP) is 23.0. The molecule has 0 radical (unpaired) electrons. The van der Waals surface area contributed by atoms with Crippen molar-refractivity contribution in [1.29, 1.82) is 0 Å². The molecule has 452 valence electrons. The predicted molar refractivity (Wildman–Crippen MR) is 402 cm³/mol. The molecule has 5 heterocycles. The van der Waals surface area contributed by atoms with Crippen LogP contribution in [0.15, 0.2) is 346 Å². The molecule has 5 aromatic heterocycles. The van der Waals surface area contributed by atoms with Crippen molar-refractivity contribution in [1.82, 2.24) is 33.6 Å². The second-order valence-electron chi connectivity index (χ2n) is 24.9. The Hall–Kier alpha value is -13.1. The second-order valence-corrected chi connectivity index (χ2v) is 24.9. The summed E-state index contributed by atoms with van der Waals surface area (Å²) < 4.78 is 7.22. The molecular formula is C90H57N7. The summed E-state index contributed by atoms with van der Waals surface area (Å²) in [7, 11) is 0. The zero-order chi connectivity index (χ0) is 63.9. The summed E-state index contributed by atoms with van der Waals surface area (Å²) in [4.78, 5) is 21.3. The highest BCUT2D eigenvalue weighted by Crippen LogP contribution is 2.44. The van der Waals surface area contributed by atoms with Gasteiger partial charge in [-0.1, -0.05) is 261 Å². The summed E-state index contributed by atoms with van der Waals surface area (Å²) in [5.74, 6) is 1.79. The molecule has 0 aliphatic carbocycles. The average Bonchev–Trinajstić information content (AvgIpc) is 1.60. The number of benzene rings is 14. The van der Waals surface area contributed by atoms with Crippen LogP contribution in [0.1, 0.15) is 0 Å². The van der Waals surface area contributed by atoms with E-state index in [1.807, 2.05) is 36.4 Å². The number of pyridine rings is 1. The first-order valence-electron chi connectivity index (χ1n) is 32.9. The molecule has 0 saturated carbocycles. The lowest BCUT2D eigenvalue weighted by molar-refractivity contribution is 1.07. The van der Waals surface area contributed by atoms with E-state index in [4.69, 9.17) is 19.9 Å². The van der Waals surface area contributed by atoms with Crippen LogP contribution in [0, 0.1) is 0 Å². The van der Waals surface area contributed by atoms with Crippen molar-refractivity contribution in [3.63, 3.8) is 0 Å². The number of hydrogen-bond donors (Lipinski definition) is 0. The Labute approximate surface area is 559 Å². The highest BCUT2D eigenvalue weighted by Gasteiger charge is 2.23. The fourth-order valence-corrected chi connectivity index (χ4v) is 14.8. The largest absolute Gasteiger partial charge is 0.309 e. The van der Waals surface area contributed by atoms with Crippen molar-refractivity contribution < 1.29 is 0 Å². The zero-order valence-electron chi connectivity index (χ0n) is 52.5. The van der Waals surface area contributed by atoms with Crippen LogP contribution in [0.25, 0.3) is 183 Å². The first-order valence-corrected chi connectivity index (χ1v) is 32.9. The van der Waals surface area contributed by atoms with Crippen LogP contribution in [0.3, 0.4) is 0 Å². The van der Waals surface area contributed by atoms with Crippen LogP contribution < -0.4 is 0 Å². The summed E-state index contributed by atoms with van der Waals surface area (Å²) in [5.41, 5.74) is 23.2. The number of fused-ring (bicyclic) bond motifs is 10. The maximum absolute atomic E-state index is 5.57. The van der Waals surface area contributed by atoms with E-state index in [1.54, 1.807) is 0 Å². The molecule has 0 aliphatic heterocycles. The number of rotatable bonds is 11. The van der Waals surface area contributed by atoms with Gasteiger partial charge in [-0.25, -0.2) is 19.9 Å². The number of nitrogens with zero attached hydrogens (tertiary/aromatic N) is 7. The molecule has 0 aliphatic rings. The van der Waals surface area contributed by atoms with Crippen molar-refractivity contribution in [2.75, 3.05) is 0 Å². The molecule has 0 bridgehead atoms. The third kappa shape index (κ3) is 9.51. The Morgan fingerprint density at radius 1 is 0.186 bits per heavy atom. The fraction of sp³-hybridized carbons (Fsp3) is 0. The molecule has 19 aromatic rings. The molecule has 7 heteroatoms. The molecule has 14 aromatic carbocycles. The first-order chi connectivity index (χ1) is 48.1. The molecule has 19 rings (SSSR count). The Balaban J connectivity index is 0.760. The van der Waals surface area contributed by atoms with E-state index in [1.165, 1.54) is 38.1 Å². The lowest BCUT2D eigenvalue weighted by Gasteiger charge is -2.16. The Kier molecular flexibility index (Phi) is 13.1. The summed E-state index contributed by atoms with van der Waals surface area (Å²) in [6, 6.07) is 124. The van der Waals surface area contributed by atoms with Crippen LogP contribution in [-0.2, 0) is 0 Å². The van der Waals surface area contributed by atoms with Crippen molar-refractivity contribution in [2.45, 2.75) is 0 Å². The Morgan fingerprint density at radius 3 is 1.25 bits per heavy atom. The van der Waals surface area contributed by atoms with Gasteiger partial charge < -0.3 is 13.7 Å². The molecule has 0 saturated heterocycles.